The molecule has 2 heterocycles. The van der Waals surface area contributed by atoms with Gasteiger partial charge in [0, 0.05) is 13.1 Å². The largest absolute Gasteiger partial charge is 0.355 e. The van der Waals surface area contributed by atoms with Gasteiger partial charge in [-0.3, -0.25) is 4.79 Å². The van der Waals surface area contributed by atoms with Crippen molar-refractivity contribution in [2.45, 2.75) is 45.4 Å². The van der Waals surface area contributed by atoms with Crippen LogP contribution in [0.5, 0.6) is 0 Å². The van der Waals surface area contributed by atoms with E-state index in [9.17, 15) is 17.6 Å². The highest BCUT2D eigenvalue weighted by molar-refractivity contribution is 7.89. The number of hydrogen-bond donors (Lipinski definition) is 1. The molecule has 1 fully saturated rings. The fourth-order valence-electron chi connectivity index (χ4n) is 4.71. The topological polar surface area (TPSA) is 92.5 Å². The molecule has 1 aromatic heterocycles. The maximum absolute atomic E-state index is 14.0. The lowest BCUT2D eigenvalue weighted by atomic mass is 9.98. The Labute approximate surface area is 211 Å². The van der Waals surface area contributed by atoms with E-state index in [1.54, 1.807) is 19.1 Å². The molecule has 0 bridgehead atoms. The number of amides is 1. The molecule has 190 valence electrons. The van der Waals surface area contributed by atoms with E-state index in [1.807, 2.05) is 26.8 Å². The number of aryl methyl sites for hydroxylation is 4. The Balaban J connectivity index is 1.57. The Morgan fingerprint density at radius 3 is 2.53 bits per heavy atom. The van der Waals surface area contributed by atoms with Crippen molar-refractivity contribution in [1.82, 2.24) is 9.46 Å². The van der Waals surface area contributed by atoms with Crippen LogP contribution in [0.2, 0.25) is 0 Å². The van der Waals surface area contributed by atoms with Gasteiger partial charge in [-0.25, -0.2) is 12.8 Å². The van der Waals surface area contributed by atoms with Crippen LogP contribution < -0.4 is 5.32 Å². The van der Waals surface area contributed by atoms with Crippen LogP contribution in [0.15, 0.2) is 45.8 Å². The number of nitrogens with one attached hydrogen (secondary N) is 1. The molecule has 0 radical (unpaired) electrons. The second-order valence-electron chi connectivity index (χ2n) is 9.28. The number of rotatable bonds is 6. The molecular weight excluding hydrogens is 481 g/mol. The minimum absolute atomic E-state index is 0.00340. The molecule has 1 aliphatic rings. The van der Waals surface area contributed by atoms with Crippen LogP contribution in [0.1, 0.15) is 46.5 Å². The number of nitrogens with zero attached hydrogens (tertiary/aromatic N) is 2. The van der Waals surface area contributed by atoms with Gasteiger partial charge in [0.1, 0.15) is 11.5 Å². The molecule has 1 amide bonds. The quantitative estimate of drug-likeness (QED) is 0.488. The molecular formula is C27H30FN3O4S. The molecule has 1 saturated heterocycles. The first kappa shape index (κ1) is 25.8. The third-order valence-electron chi connectivity index (χ3n) is 6.46. The smallest absolute Gasteiger partial charge is 0.248 e. The molecule has 0 spiro atoms. The Morgan fingerprint density at radius 1 is 1.14 bits per heavy atom. The number of para-hydroxylation sites is 1. The number of aromatic nitrogens is 1. The van der Waals surface area contributed by atoms with Gasteiger partial charge in [-0.1, -0.05) is 41.1 Å². The number of hydrogen-bond acceptors (Lipinski definition) is 5. The summed E-state index contributed by atoms with van der Waals surface area (Å²) in [6.07, 6.45) is 4.48. The summed E-state index contributed by atoms with van der Waals surface area (Å²) in [5.74, 6) is -1.41. The molecule has 1 N–H and O–H groups in total. The molecule has 4 rings (SSSR count). The van der Waals surface area contributed by atoms with Crippen LogP contribution in [0, 0.1) is 39.4 Å². The van der Waals surface area contributed by atoms with Crippen molar-refractivity contribution in [2.24, 2.45) is 5.92 Å². The SMILES string of the molecule is Cc1cc(C)c(C=Cc2onc(C)c2S(=O)(=O)N2CCCC(C(=O)Nc3ccccc3F)C2)c(C)c1. The van der Waals surface area contributed by atoms with Gasteiger partial charge >= 0.3 is 0 Å². The molecule has 1 atom stereocenters. The number of halogens is 1. The summed E-state index contributed by atoms with van der Waals surface area (Å²) in [5, 5.41) is 6.50. The van der Waals surface area contributed by atoms with E-state index in [-0.39, 0.29) is 35.1 Å². The second-order valence-corrected chi connectivity index (χ2v) is 11.2. The predicted octanol–water partition coefficient (Wildman–Crippen LogP) is 5.26. The van der Waals surface area contributed by atoms with Gasteiger partial charge in [-0.05, 0) is 75.4 Å². The minimum atomic E-state index is -3.99. The maximum atomic E-state index is 14.0. The van der Waals surface area contributed by atoms with Gasteiger partial charge < -0.3 is 9.84 Å². The van der Waals surface area contributed by atoms with E-state index in [2.05, 4.69) is 22.6 Å². The second kappa shape index (κ2) is 10.4. The van der Waals surface area contributed by atoms with Crippen molar-refractivity contribution in [3.63, 3.8) is 0 Å². The number of sulfonamides is 1. The van der Waals surface area contributed by atoms with Gasteiger partial charge in [0.2, 0.25) is 15.9 Å². The predicted molar refractivity (Wildman–Crippen MR) is 137 cm³/mol. The fourth-order valence-corrected chi connectivity index (χ4v) is 6.49. The van der Waals surface area contributed by atoms with E-state index in [4.69, 9.17) is 4.52 Å². The Bertz CT molecular complexity index is 1410. The monoisotopic (exact) mass is 511 g/mol. The molecule has 36 heavy (non-hydrogen) atoms. The summed E-state index contributed by atoms with van der Waals surface area (Å²) in [5.41, 5.74) is 4.62. The average Bonchev–Trinajstić information content (AvgIpc) is 3.21. The van der Waals surface area contributed by atoms with Crippen LogP contribution in [0.3, 0.4) is 0 Å². The molecule has 7 nitrogen and oxygen atoms in total. The molecule has 1 aliphatic heterocycles. The lowest BCUT2D eigenvalue weighted by molar-refractivity contribution is -0.120. The molecule has 0 saturated carbocycles. The van der Waals surface area contributed by atoms with Crippen LogP contribution in [0.25, 0.3) is 12.2 Å². The molecule has 2 aromatic carbocycles. The van der Waals surface area contributed by atoms with Crippen LogP contribution in [0.4, 0.5) is 10.1 Å². The van der Waals surface area contributed by atoms with E-state index in [1.165, 1.54) is 22.5 Å². The van der Waals surface area contributed by atoms with Gasteiger partial charge in [-0.15, -0.1) is 0 Å². The van der Waals surface area contributed by atoms with Gasteiger partial charge in [-0.2, -0.15) is 4.31 Å². The summed E-state index contributed by atoms with van der Waals surface area (Å²) in [6.45, 7) is 7.89. The highest BCUT2D eigenvalue weighted by atomic mass is 32.2. The van der Waals surface area contributed by atoms with Crippen molar-refractivity contribution < 1.29 is 22.1 Å². The first-order chi connectivity index (χ1) is 17.1. The highest BCUT2D eigenvalue weighted by Crippen LogP contribution is 2.30. The fraction of sp³-hybridized carbons (Fsp3) is 0.333. The highest BCUT2D eigenvalue weighted by Gasteiger charge is 2.37. The van der Waals surface area contributed by atoms with Crippen molar-refractivity contribution in [3.8, 4) is 0 Å². The van der Waals surface area contributed by atoms with Gasteiger partial charge in [0.05, 0.1) is 11.6 Å². The lowest BCUT2D eigenvalue weighted by Gasteiger charge is -2.31. The summed E-state index contributed by atoms with van der Waals surface area (Å²) < 4.78 is 48.0. The summed E-state index contributed by atoms with van der Waals surface area (Å²) in [4.78, 5) is 12.8. The minimum Gasteiger partial charge on any atom is -0.355 e. The van der Waals surface area contributed by atoms with Crippen molar-refractivity contribution in [1.29, 1.82) is 0 Å². The zero-order chi connectivity index (χ0) is 26.0. The zero-order valence-corrected chi connectivity index (χ0v) is 21.7. The Hall–Kier alpha value is -3.30. The number of anilines is 1. The number of carbonyl (C=O) groups is 1. The van der Waals surface area contributed by atoms with E-state index < -0.39 is 27.7 Å². The average molecular weight is 512 g/mol. The third kappa shape index (κ3) is 5.27. The van der Waals surface area contributed by atoms with Crippen LogP contribution in [-0.2, 0) is 14.8 Å². The van der Waals surface area contributed by atoms with E-state index in [0.29, 0.717) is 12.8 Å². The van der Waals surface area contributed by atoms with Gasteiger partial charge in [0.15, 0.2) is 10.7 Å². The third-order valence-corrected chi connectivity index (χ3v) is 8.48. The first-order valence-corrected chi connectivity index (χ1v) is 13.3. The van der Waals surface area contributed by atoms with Crippen molar-refractivity contribution in [3.05, 3.63) is 75.9 Å². The molecule has 9 heteroatoms. The van der Waals surface area contributed by atoms with Crippen LogP contribution in [-0.4, -0.2) is 36.9 Å². The summed E-state index contributed by atoms with van der Waals surface area (Å²) in [6, 6.07) is 10.0. The first-order valence-electron chi connectivity index (χ1n) is 11.9. The molecule has 3 aromatic rings. The normalized spacial score (nSPS) is 17.0. The number of piperidine rings is 1. The Morgan fingerprint density at radius 2 is 1.83 bits per heavy atom. The van der Waals surface area contributed by atoms with Crippen LogP contribution >= 0.6 is 0 Å². The van der Waals surface area contributed by atoms with Gasteiger partial charge in [0.25, 0.3) is 0 Å². The zero-order valence-electron chi connectivity index (χ0n) is 20.8. The standard InChI is InChI=1S/C27H30FN3O4S/c1-17-14-18(2)22(19(3)15-17)11-12-25-26(20(4)30-35-25)36(33,34)31-13-7-8-21(16-31)27(32)29-24-10-6-5-9-23(24)28/h5-6,9-12,14-15,21H,7-8,13,16H2,1-4H3,(H,29,32). The van der Waals surface area contributed by atoms with E-state index in [0.717, 1.165) is 22.3 Å². The number of benzene rings is 2. The molecule has 1 unspecified atom stereocenters. The summed E-state index contributed by atoms with van der Waals surface area (Å²) in [7, 11) is -3.99. The molecule has 0 aliphatic carbocycles. The van der Waals surface area contributed by atoms with Crippen molar-refractivity contribution in [2.75, 3.05) is 18.4 Å². The Kier molecular flexibility index (Phi) is 7.42. The van der Waals surface area contributed by atoms with E-state index >= 15 is 0 Å². The number of carbonyl (C=O) groups excluding carboxylic acids is 1. The lowest BCUT2D eigenvalue weighted by Crippen LogP contribution is -2.44. The summed E-state index contributed by atoms with van der Waals surface area (Å²) >= 11 is 0. The maximum Gasteiger partial charge on any atom is 0.248 e. The van der Waals surface area contributed by atoms with Crippen molar-refractivity contribution >= 4 is 33.8 Å².